The third-order valence-corrected chi connectivity index (χ3v) is 8.79. The minimum Gasteiger partial charge on any atom is -0.288 e. The van der Waals surface area contributed by atoms with E-state index in [9.17, 15) is 9.59 Å². The van der Waals surface area contributed by atoms with Crippen LogP contribution in [0.3, 0.4) is 0 Å². The Hall–Kier alpha value is -2.51. The Bertz CT molecular complexity index is 1150. The van der Waals surface area contributed by atoms with Crippen LogP contribution in [0.4, 0.5) is 0 Å². The van der Waals surface area contributed by atoms with Gasteiger partial charge >= 0.3 is 0 Å². The number of hydrogen-bond donors (Lipinski definition) is 0. The highest BCUT2D eigenvalue weighted by atomic mass is 31.1. The minimum atomic E-state index is -1.72. The molecule has 0 bridgehead atoms. The first-order chi connectivity index (χ1) is 16.2. The summed E-state index contributed by atoms with van der Waals surface area (Å²) in [6, 6.07) is 18.1. The van der Waals surface area contributed by atoms with Crippen LogP contribution in [-0.2, 0) is 6.42 Å². The zero-order chi connectivity index (χ0) is 25.0. The van der Waals surface area contributed by atoms with Gasteiger partial charge in [0.25, 0.3) is 0 Å². The smallest absolute Gasteiger partial charge is 0.197 e. The lowest BCUT2D eigenvalue weighted by molar-refractivity contribution is 0.105. The lowest BCUT2D eigenvalue weighted by Gasteiger charge is -2.22. The largest absolute Gasteiger partial charge is 0.288 e. The van der Waals surface area contributed by atoms with Gasteiger partial charge in [-0.1, -0.05) is 86.8 Å². The Morgan fingerprint density at radius 3 is 1.71 bits per heavy atom. The van der Waals surface area contributed by atoms with Gasteiger partial charge in [0, 0.05) is 11.1 Å². The molecule has 2 atom stereocenters. The summed E-state index contributed by atoms with van der Waals surface area (Å²) in [6.07, 6.45) is 3.10. The van der Waals surface area contributed by atoms with Crippen molar-refractivity contribution in [2.24, 2.45) is 0 Å². The fourth-order valence-electron chi connectivity index (χ4n) is 4.81. The van der Waals surface area contributed by atoms with Gasteiger partial charge in [-0.05, 0) is 73.1 Å². The quantitative estimate of drug-likeness (QED) is 0.256. The van der Waals surface area contributed by atoms with E-state index in [4.69, 9.17) is 0 Å². The molecule has 0 aliphatic carbocycles. The number of hydrogen-bond acceptors (Lipinski definition) is 2. The van der Waals surface area contributed by atoms with E-state index in [1.54, 1.807) is 0 Å². The van der Waals surface area contributed by atoms with Gasteiger partial charge in [-0.25, -0.2) is 0 Å². The highest BCUT2D eigenvalue weighted by Crippen LogP contribution is 2.45. The van der Waals surface area contributed by atoms with Crippen molar-refractivity contribution in [3.8, 4) is 0 Å². The van der Waals surface area contributed by atoms with Gasteiger partial charge in [0.1, 0.15) is 7.85 Å². The van der Waals surface area contributed by atoms with Crippen molar-refractivity contribution in [2.75, 3.05) is 0 Å². The molecule has 34 heavy (non-hydrogen) atoms. The Kier molecular flexibility index (Phi) is 8.66. The average Bonchev–Trinajstić information content (AvgIpc) is 2.78. The van der Waals surface area contributed by atoms with Gasteiger partial charge in [0.2, 0.25) is 0 Å². The lowest BCUT2D eigenvalue weighted by Crippen LogP contribution is -2.19. The van der Waals surface area contributed by atoms with Crippen molar-refractivity contribution in [3.05, 3.63) is 99.1 Å². The molecular weight excluding hydrogens is 434 g/mol. The molecule has 0 aliphatic heterocycles. The molecule has 4 heteroatoms. The number of aryl methyl sites for hydroxylation is 5. The van der Waals surface area contributed by atoms with Gasteiger partial charge in [0.05, 0.1) is 7.92 Å². The predicted octanol–water partition coefficient (Wildman–Crippen LogP) is 6.74. The Morgan fingerprint density at radius 1 is 0.794 bits per heavy atom. The molecule has 0 amide bonds. The van der Waals surface area contributed by atoms with Crippen molar-refractivity contribution in [2.45, 2.75) is 66.6 Å². The monoisotopic (exact) mass is 470 g/mol. The molecular formula is C30H36BO2P. The first-order valence-electron chi connectivity index (χ1n) is 12.3. The van der Waals surface area contributed by atoms with Gasteiger partial charge in [-0.2, -0.15) is 0 Å². The molecule has 3 aromatic rings. The maximum atomic E-state index is 14.2. The molecule has 0 aromatic heterocycles. The summed E-state index contributed by atoms with van der Waals surface area (Å²) in [7, 11) is 0.493. The summed E-state index contributed by atoms with van der Waals surface area (Å²) in [4.78, 5) is 28.3. The SMILES string of the molecule is BC(CC)c1cc(C)c(C(=O)P(C(=O)c2c(C)cc(CCC)cc2C)c2ccccc2)c(C)c1. The first kappa shape index (κ1) is 26.1. The summed E-state index contributed by atoms with van der Waals surface area (Å²) < 4.78 is 0. The van der Waals surface area contributed by atoms with Crippen molar-refractivity contribution < 1.29 is 9.59 Å². The van der Waals surface area contributed by atoms with E-state index in [-0.39, 0.29) is 11.0 Å². The first-order valence-corrected chi connectivity index (χ1v) is 13.7. The molecule has 176 valence electrons. The van der Waals surface area contributed by atoms with Gasteiger partial charge in [-0.3, -0.25) is 9.59 Å². The molecule has 0 fully saturated rings. The summed E-state index contributed by atoms with van der Waals surface area (Å²) in [5.74, 6) is 0.436. The van der Waals surface area contributed by atoms with Crippen LogP contribution in [0.2, 0.25) is 0 Å². The zero-order valence-electron chi connectivity index (χ0n) is 21.7. The van der Waals surface area contributed by atoms with Crippen LogP contribution in [0, 0.1) is 27.7 Å². The van der Waals surface area contributed by atoms with Crippen LogP contribution in [-0.4, -0.2) is 18.9 Å². The normalized spacial score (nSPS) is 12.9. The van der Waals surface area contributed by atoms with Crippen molar-refractivity contribution in [3.63, 3.8) is 0 Å². The summed E-state index contributed by atoms with van der Waals surface area (Å²) in [5.41, 5.74) is 7.66. The number of rotatable bonds is 9. The second kappa shape index (κ2) is 11.3. The molecule has 0 saturated heterocycles. The molecule has 2 unspecified atom stereocenters. The fourth-order valence-corrected chi connectivity index (χ4v) is 7.08. The molecule has 0 radical (unpaired) electrons. The van der Waals surface area contributed by atoms with E-state index in [2.05, 4.69) is 46.0 Å². The number of carbonyl (C=O) groups excluding carboxylic acids is 2. The minimum absolute atomic E-state index is 0.0472. The maximum Gasteiger partial charge on any atom is 0.197 e. The third kappa shape index (κ3) is 5.42. The standard InChI is InChI=1S/C30H36BO2P/c1-7-12-23-15-19(3)27(20(4)16-23)29(32)34(25-13-10-9-11-14-25)30(33)28-21(5)17-24(18-22(28)6)26(31)8-2/h9-11,13-18,26H,7-8,12,31H2,1-6H3. The highest BCUT2D eigenvalue weighted by molar-refractivity contribution is 7.96. The number of benzene rings is 3. The van der Waals surface area contributed by atoms with Crippen molar-refractivity contribution in [1.82, 2.24) is 0 Å². The molecule has 0 spiro atoms. The molecule has 3 rings (SSSR count). The van der Waals surface area contributed by atoms with Crippen LogP contribution in [0.15, 0.2) is 54.6 Å². The van der Waals surface area contributed by atoms with Crippen molar-refractivity contribution in [1.29, 1.82) is 0 Å². The third-order valence-electron chi connectivity index (χ3n) is 6.72. The Balaban J connectivity index is 2.14. The molecule has 3 aromatic carbocycles. The molecule has 2 nitrogen and oxygen atoms in total. The van der Waals surface area contributed by atoms with E-state index in [0.717, 1.165) is 46.8 Å². The maximum absolute atomic E-state index is 14.2. The fraction of sp³-hybridized carbons (Fsp3) is 0.333. The van der Waals surface area contributed by atoms with E-state index < -0.39 is 7.92 Å². The van der Waals surface area contributed by atoms with E-state index in [1.807, 2.05) is 58.0 Å². The summed E-state index contributed by atoms with van der Waals surface area (Å²) in [6.45, 7) is 12.3. The van der Waals surface area contributed by atoms with E-state index in [1.165, 1.54) is 11.1 Å². The average molecular weight is 470 g/mol. The van der Waals surface area contributed by atoms with Crippen molar-refractivity contribution >= 4 is 32.1 Å². The van der Waals surface area contributed by atoms with Crippen LogP contribution in [0.1, 0.15) is 86.6 Å². The van der Waals surface area contributed by atoms with Gasteiger partial charge in [-0.15, -0.1) is 0 Å². The second-order valence-corrected chi connectivity index (χ2v) is 11.5. The van der Waals surface area contributed by atoms with Crippen LogP contribution < -0.4 is 5.30 Å². The van der Waals surface area contributed by atoms with Gasteiger partial charge < -0.3 is 0 Å². The molecule has 0 saturated carbocycles. The Morgan fingerprint density at radius 2 is 1.26 bits per heavy atom. The summed E-state index contributed by atoms with van der Waals surface area (Å²) in [5, 5.41) is 0.814. The number of carbonyl (C=O) groups is 2. The Labute approximate surface area is 207 Å². The van der Waals surface area contributed by atoms with Gasteiger partial charge in [0.15, 0.2) is 11.0 Å². The topological polar surface area (TPSA) is 34.1 Å². The molecule has 0 aliphatic rings. The van der Waals surface area contributed by atoms with Crippen LogP contribution in [0.5, 0.6) is 0 Å². The molecule has 0 heterocycles. The zero-order valence-corrected chi connectivity index (χ0v) is 22.6. The molecule has 0 N–H and O–H groups in total. The highest BCUT2D eigenvalue weighted by Gasteiger charge is 2.33. The predicted molar refractivity (Wildman–Crippen MR) is 149 cm³/mol. The van der Waals surface area contributed by atoms with E-state index in [0.29, 0.717) is 16.9 Å². The van der Waals surface area contributed by atoms with Crippen LogP contribution >= 0.6 is 7.92 Å². The lowest BCUT2D eigenvalue weighted by atomic mass is 9.78. The van der Waals surface area contributed by atoms with Crippen LogP contribution in [0.25, 0.3) is 0 Å². The van der Waals surface area contributed by atoms with E-state index >= 15 is 0 Å². The summed E-state index contributed by atoms with van der Waals surface area (Å²) >= 11 is 0. The second-order valence-electron chi connectivity index (χ2n) is 9.47.